The average Bonchev–Trinajstić information content (AvgIpc) is 3.53. The van der Waals surface area contributed by atoms with Crippen LogP contribution in [-0.2, 0) is 18.9 Å². The lowest BCUT2D eigenvalue weighted by Gasteiger charge is -2.37. The van der Waals surface area contributed by atoms with Crippen LogP contribution in [-0.4, -0.2) is 91.1 Å². The van der Waals surface area contributed by atoms with E-state index in [-0.39, 0.29) is 4.28 Å². The molecule has 2 atom stereocenters. The van der Waals surface area contributed by atoms with Gasteiger partial charge in [0.15, 0.2) is 12.4 Å². The first-order valence-electron chi connectivity index (χ1n) is 9.81. The zero-order valence-electron chi connectivity index (χ0n) is 22.6. The van der Waals surface area contributed by atoms with Crippen LogP contribution in [0.3, 0.4) is 0 Å². The molecule has 2 unspecified atom stereocenters. The number of hydrogen-bond acceptors (Lipinski definition) is 4. The summed E-state index contributed by atoms with van der Waals surface area (Å²) in [6.07, 6.45) is -60.9. The Hall–Kier alpha value is -2.05. The lowest BCUT2D eigenvalue weighted by Crippen LogP contribution is -2.65. The second-order valence-electron chi connectivity index (χ2n) is 8.18. The van der Waals surface area contributed by atoms with Crippen LogP contribution in [0.25, 0.3) is 0 Å². The van der Waals surface area contributed by atoms with Gasteiger partial charge in [-0.25, -0.2) is 0 Å². The molecule has 1 fully saturated rings. The highest BCUT2D eigenvalue weighted by Gasteiger charge is 2.87. The van der Waals surface area contributed by atoms with Crippen LogP contribution in [0.2, 0.25) is 0 Å². The van der Waals surface area contributed by atoms with Gasteiger partial charge in [-0.05, 0) is 0 Å². The van der Waals surface area contributed by atoms with E-state index in [0.717, 1.165) is 0 Å². The van der Waals surface area contributed by atoms with Gasteiger partial charge in [0, 0.05) is 0 Å². The van der Waals surface area contributed by atoms with E-state index in [4.69, 9.17) is 0 Å². The average molecular weight is 763 g/mol. The van der Waals surface area contributed by atoms with Gasteiger partial charge >= 0.3 is 76.7 Å². The Morgan fingerprint density at radius 2 is 0.609 bits per heavy atom. The first-order chi connectivity index (χ1) is 19.5. The van der Waals surface area contributed by atoms with Gasteiger partial charge in [-0.2, -0.15) is 119 Å². The van der Waals surface area contributed by atoms with Crippen LogP contribution in [0.1, 0.15) is 4.28 Å². The molecular weight excluding hydrogens is 757 g/mol. The van der Waals surface area contributed by atoms with Gasteiger partial charge in [-0.15, -0.1) is 0 Å². The Kier molecular flexibility index (Phi) is 10.0. The van der Waals surface area contributed by atoms with Crippen molar-refractivity contribution in [1.29, 1.82) is 0 Å². The van der Waals surface area contributed by atoms with Gasteiger partial charge in [0.25, 0.3) is 0 Å². The van der Waals surface area contributed by atoms with Crippen molar-refractivity contribution in [3.63, 3.8) is 0 Å². The minimum absolute atomic E-state index is 0. The van der Waals surface area contributed by atoms with E-state index >= 15 is 0 Å². The fraction of sp³-hybridized carbons (Fsp3) is 1.00. The Balaban J connectivity index is -0.00000705. The van der Waals surface area contributed by atoms with Crippen molar-refractivity contribution in [2.45, 2.75) is 91.1 Å². The van der Waals surface area contributed by atoms with Crippen LogP contribution >= 0.6 is 0 Å². The van der Waals surface area contributed by atoms with Crippen LogP contribution < -0.4 is 0 Å². The third-order valence-corrected chi connectivity index (χ3v) is 4.89. The maximum absolute atomic E-state index is 13.7. The zero-order chi connectivity index (χ0) is 37.6. The fourth-order valence-corrected chi connectivity index (χ4v) is 2.30. The molecule has 0 aliphatic carbocycles. The molecule has 0 aromatic rings. The molecule has 0 bridgehead atoms. The van der Waals surface area contributed by atoms with E-state index in [1.54, 1.807) is 0 Å². The number of rotatable bonds is 13. The number of ether oxygens (including phenoxy) is 4. The largest absolute Gasteiger partial charge is 1.00 e. The van der Waals surface area contributed by atoms with Crippen molar-refractivity contribution in [3.05, 3.63) is 0 Å². The zero-order valence-corrected chi connectivity index (χ0v) is 19.6. The quantitative estimate of drug-likeness (QED) is 0.107. The van der Waals surface area contributed by atoms with Crippen LogP contribution in [0.4, 0.5) is 119 Å². The highest BCUT2D eigenvalue weighted by molar-refractivity contribution is 5.01. The minimum Gasteiger partial charge on any atom is -0.336 e. The van der Waals surface area contributed by atoms with E-state index in [9.17, 15) is 119 Å². The van der Waals surface area contributed by atoms with Crippen molar-refractivity contribution >= 4 is 0 Å². The normalized spacial score (nSPS) is 20.9. The molecule has 276 valence electrons. The number of epoxide rings is 1. The van der Waals surface area contributed by atoms with Gasteiger partial charge in [0.2, 0.25) is 6.29 Å². The Morgan fingerprint density at radius 1 is 0.370 bits per heavy atom. The molecule has 31 heteroatoms. The maximum atomic E-state index is 13.7. The Bertz CT molecular complexity index is 1050. The monoisotopic (exact) mass is 763 g/mol. The number of hydrogen-bond donors (Lipinski definition) is 0. The van der Waals surface area contributed by atoms with Gasteiger partial charge in [-0.3, -0.25) is 14.2 Å². The number of halogens is 27. The van der Waals surface area contributed by atoms with E-state index in [0.29, 0.717) is 0 Å². The molecule has 0 amide bonds. The molecule has 4 nitrogen and oxygen atoms in total. The predicted molar refractivity (Wildman–Crippen MR) is 81.7 cm³/mol. The van der Waals surface area contributed by atoms with E-state index < -0.39 is 91.1 Å². The van der Waals surface area contributed by atoms with E-state index in [1.807, 2.05) is 0 Å². The molecule has 1 rings (SSSR count). The molecule has 0 saturated carbocycles. The van der Waals surface area contributed by atoms with E-state index in [1.165, 1.54) is 0 Å². The second-order valence-corrected chi connectivity index (χ2v) is 8.18. The highest BCUT2D eigenvalue weighted by atomic mass is 19.4. The summed E-state index contributed by atoms with van der Waals surface area (Å²) in [4.78, 5) is 0. The summed E-state index contributed by atoms with van der Waals surface area (Å²) in [5, 5.41) is 0. The SMILES string of the molecule is FC(F)(F)C(F)(F)C(F)(F)C(F)(F)OC1OC1C(OC(F)(F)C(F)(F)C(F)(F)C(F)(F)F)OC(F)(F)C(F)(F)C(F)(F)C(F)(F)F.[H+].[H+].[H+]. The van der Waals surface area contributed by atoms with Gasteiger partial charge < -0.3 is 4.74 Å². The van der Waals surface area contributed by atoms with Crippen molar-refractivity contribution in [2.24, 2.45) is 0 Å². The molecule has 0 spiro atoms. The van der Waals surface area contributed by atoms with Crippen molar-refractivity contribution < 1.29 is 142 Å². The first kappa shape index (κ1) is 42.0. The molecule has 0 aromatic heterocycles. The molecule has 1 aliphatic heterocycles. The number of alkyl halides is 27. The molecule has 46 heavy (non-hydrogen) atoms. The second kappa shape index (κ2) is 11.0. The summed E-state index contributed by atoms with van der Waals surface area (Å²) in [6.45, 7) is 0. The summed E-state index contributed by atoms with van der Waals surface area (Å²) in [6, 6.07) is 0. The third kappa shape index (κ3) is 6.51. The topological polar surface area (TPSA) is 40.2 Å². The first-order valence-corrected chi connectivity index (χ1v) is 9.81. The molecule has 0 radical (unpaired) electrons. The van der Waals surface area contributed by atoms with Crippen molar-refractivity contribution in [2.75, 3.05) is 0 Å². The summed E-state index contributed by atoms with van der Waals surface area (Å²) in [5.41, 5.74) is 0. The van der Waals surface area contributed by atoms with Crippen LogP contribution in [0.5, 0.6) is 0 Å². The van der Waals surface area contributed by atoms with Gasteiger partial charge in [-0.1, -0.05) is 0 Å². The van der Waals surface area contributed by atoms with Crippen LogP contribution in [0.15, 0.2) is 0 Å². The maximum Gasteiger partial charge on any atom is 1.00 e. The van der Waals surface area contributed by atoms with E-state index in [2.05, 4.69) is 18.9 Å². The summed E-state index contributed by atoms with van der Waals surface area (Å²) in [5.74, 6) is -48.7. The fourth-order valence-electron chi connectivity index (χ4n) is 2.30. The summed E-state index contributed by atoms with van der Waals surface area (Å²) >= 11 is 0. The van der Waals surface area contributed by atoms with Gasteiger partial charge in [0.1, 0.15) is 0 Å². The van der Waals surface area contributed by atoms with Crippen LogP contribution in [0, 0.1) is 0 Å². The third-order valence-electron chi connectivity index (χ3n) is 4.89. The summed E-state index contributed by atoms with van der Waals surface area (Å²) < 4.78 is 359. The van der Waals surface area contributed by atoms with Crippen molar-refractivity contribution in [1.82, 2.24) is 0 Å². The smallest absolute Gasteiger partial charge is 0.336 e. The highest BCUT2D eigenvalue weighted by Crippen LogP contribution is 2.58. The lowest BCUT2D eigenvalue weighted by molar-refractivity contribution is -0.497. The summed E-state index contributed by atoms with van der Waals surface area (Å²) in [7, 11) is 0. The predicted octanol–water partition coefficient (Wildman–Crippen LogP) is 8.70. The standard InChI is InChI=1S/C15H3F27O4/c16-4(17,10(28,29)30)7(22,23)13(37,38)44-2-1(43-2)3(45-14(39,40)8(24,25)5(18,19)11(31,32)33)46-15(41,42)9(26,27)6(20,21)12(34,35)36/h1-3H/p+3. The Morgan fingerprint density at radius 3 is 0.848 bits per heavy atom. The molecular formula is C15H6F27O4+3. The molecule has 0 aromatic carbocycles. The molecule has 1 aliphatic rings. The molecule has 1 heterocycles. The minimum atomic E-state index is -8.26. The van der Waals surface area contributed by atoms with Gasteiger partial charge in [0.05, 0.1) is 0 Å². The molecule has 0 N–H and O–H groups in total. The molecule has 1 saturated heterocycles. The van der Waals surface area contributed by atoms with Crippen molar-refractivity contribution in [3.8, 4) is 0 Å². The Labute approximate surface area is 234 Å². The lowest BCUT2D eigenvalue weighted by atomic mass is 10.1.